The summed E-state index contributed by atoms with van der Waals surface area (Å²) in [5.41, 5.74) is 4.24. The monoisotopic (exact) mass is 568 g/mol. The Morgan fingerprint density at radius 2 is 1.93 bits per heavy atom. The SMILES string of the molecule is COc1ccc2c3c1O[C@H]1[C@H](N(C)C(=O)C#Cc4ccc(C)c(C)c4)CC[C@@]4(OC(C)=O)[C@@H](C2)N(CC2CC2)CC[C@]314. The first-order valence-corrected chi connectivity index (χ1v) is 15.3. The number of carbonyl (C=O) groups is 2. The number of hydrogen-bond donors (Lipinski definition) is 0. The molecule has 2 saturated carbocycles. The second kappa shape index (κ2) is 9.77. The van der Waals surface area contributed by atoms with Gasteiger partial charge in [-0.25, -0.2) is 0 Å². The van der Waals surface area contributed by atoms with E-state index in [9.17, 15) is 9.59 Å². The van der Waals surface area contributed by atoms with Gasteiger partial charge >= 0.3 is 5.97 Å². The predicted octanol–water partition coefficient (Wildman–Crippen LogP) is 4.33. The van der Waals surface area contributed by atoms with Crippen LogP contribution < -0.4 is 9.47 Å². The molecule has 7 heteroatoms. The van der Waals surface area contributed by atoms with Crippen molar-refractivity contribution in [2.24, 2.45) is 5.92 Å². The molecular formula is C35H40N2O5. The standard InChI is InChI=1S/C35H40N2O5/c1-21-6-7-24(18-22(21)2)10-13-30(39)36(4)27-14-15-35(42-23(3)38)29-19-26-11-12-28(40-5)32-31(26)34(35,33(27)41-32)16-17-37(29)20-25-8-9-25/h6-7,11-12,18,25,27,29,33H,8-9,14-17,19-20H2,1-5H3/t27-,29-,33+,34+,35-/m1/s1. The van der Waals surface area contributed by atoms with Crippen LogP contribution in [0.25, 0.3) is 0 Å². The molecule has 5 aliphatic rings. The molecule has 3 aliphatic carbocycles. The van der Waals surface area contributed by atoms with Crippen LogP contribution in [0.15, 0.2) is 30.3 Å². The topological polar surface area (TPSA) is 68.3 Å². The van der Waals surface area contributed by atoms with Gasteiger partial charge in [0.2, 0.25) is 0 Å². The van der Waals surface area contributed by atoms with Crippen LogP contribution in [0.4, 0.5) is 0 Å². The highest BCUT2D eigenvalue weighted by Gasteiger charge is 2.75. The molecule has 0 aromatic heterocycles. The molecule has 5 atom stereocenters. The third-order valence-corrected chi connectivity index (χ3v) is 10.9. The van der Waals surface area contributed by atoms with Crippen LogP contribution >= 0.6 is 0 Å². The summed E-state index contributed by atoms with van der Waals surface area (Å²) in [4.78, 5) is 30.9. The summed E-state index contributed by atoms with van der Waals surface area (Å²) in [5.74, 6) is 7.66. The van der Waals surface area contributed by atoms with Gasteiger partial charge in [-0.1, -0.05) is 18.1 Å². The summed E-state index contributed by atoms with van der Waals surface area (Å²) >= 11 is 0. The number of likely N-dealkylation sites (tertiary alicyclic amines) is 1. The van der Waals surface area contributed by atoms with Crippen molar-refractivity contribution in [3.63, 3.8) is 0 Å². The van der Waals surface area contributed by atoms with Gasteiger partial charge in [0.15, 0.2) is 11.5 Å². The number of amides is 1. The first kappa shape index (κ1) is 27.3. The van der Waals surface area contributed by atoms with E-state index in [-0.39, 0.29) is 30.1 Å². The molecule has 1 amide bonds. The van der Waals surface area contributed by atoms with Crippen molar-refractivity contribution in [3.05, 3.63) is 58.1 Å². The Hall–Kier alpha value is -3.50. The van der Waals surface area contributed by atoms with Crippen LogP contribution in [0, 0.1) is 31.6 Å². The third kappa shape index (κ3) is 3.91. The molecule has 7 nitrogen and oxygen atoms in total. The van der Waals surface area contributed by atoms with Crippen molar-refractivity contribution in [2.45, 2.75) is 88.5 Å². The molecule has 2 aromatic rings. The fraction of sp³-hybridized carbons (Fsp3) is 0.543. The highest BCUT2D eigenvalue weighted by atomic mass is 16.6. The predicted molar refractivity (Wildman–Crippen MR) is 159 cm³/mol. The quantitative estimate of drug-likeness (QED) is 0.395. The van der Waals surface area contributed by atoms with E-state index in [1.165, 1.54) is 30.9 Å². The van der Waals surface area contributed by atoms with E-state index in [4.69, 9.17) is 14.2 Å². The fourth-order valence-corrected chi connectivity index (χ4v) is 8.62. The zero-order chi connectivity index (χ0) is 29.4. The average molecular weight is 569 g/mol. The molecule has 2 aromatic carbocycles. The molecule has 2 aliphatic heterocycles. The lowest BCUT2D eigenvalue weighted by Gasteiger charge is -2.65. The highest BCUT2D eigenvalue weighted by Crippen LogP contribution is 2.67. The van der Waals surface area contributed by atoms with Gasteiger partial charge in [0.25, 0.3) is 5.91 Å². The van der Waals surface area contributed by atoms with E-state index in [1.807, 2.05) is 31.3 Å². The second-order valence-corrected chi connectivity index (χ2v) is 13.1. The molecular weight excluding hydrogens is 528 g/mol. The Kier molecular flexibility index (Phi) is 6.36. The number of benzene rings is 2. The Morgan fingerprint density at radius 1 is 1.12 bits per heavy atom. The first-order valence-electron chi connectivity index (χ1n) is 15.3. The van der Waals surface area contributed by atoms with Gasteiger partial charge in [0.05, 0.1) is 24.6 Å². The Morgan fingerprint density at radius 3 is 2.64 bits per heavy atom. The number of esters is 1. The largest absolute Gasteiger partial charge is 0.493 e. The zero-order valence-corrected chi connectivity index (χ0v) is 25.3. The zero-order valence-electron chi connectivity index (χ0n) is 25.3. The fourth-order valence-electron chi connectivity index (χ4n) is 8.62. The van der Waals surface area contributed by atoms with Crippen LogP contribution in [0.2, 0.25) is 0 Å². The number of piperidine rings is 1. The molecule has 42 heavy (non-hydrogen) atoms. The smallest absolute Gasteiger partial charge is 0.303 e. The van der Waals surface area contributed by atoms with Gasteiger partial charge in [-0.2, -0.15) is 0 Å². The van der Waals surface area contributed by atoms with E-state index >= 15 is 0 Å². The van der Waals surface area contributed by atoms with E-state index in [1.54, 1.807) is 12.0 Å². The van der Waals surface area contributed by atoms with Crippen LogP contribution in [0.5, 0.6) is 11.5 Å². The molecule has 3 fully saturated rings. The summed E-state index contributed by atoms with van der Waals surface area (Å²) in [5, 5.41) is 0. The number of ether oxygens (including phenoxy) is 3. The van der Waals surface area contributed by atoms with Crippen LogP contribution in [0.1, 0.15) is 66.8 Å². The third-order valence-electron chi connectivity index (χ3n) is 10.9. The van der Waals surface area contributed by atoms with E-state index in [0.29, 0.717) is 18.6 Å². The Labute approximate surface area is 248 Å². The number of likely N-dealkylation sites (N-methyl/N-ethyl adjacent to an activating group) is 1. The maximum Gasteiger partial charge on any atom is 0.303 e. The summed E-state index contributed by atoms with van der Waals surface area (Å²) < 4.78 is 19.3. The molecule has 220 valence electrons. The van der Waals surface area contributed by atoms with Crippen LogP contribution in [-0.2, 0) is 26.2 Å². The van der Waals surface area contributed by atoms with E-state index in [0.717, 1.165) is 54.3 Å². The first-order chi connectivity index (χ1) is 20.2. The molecule has 1 spiro atoms. The minimum absolute atomic E-state index is 0.0696. The number of hydrogen-bond acceptors (Lipinski definition) is 6. The average Bonchev–Trinajstić information content (AvgIpc) is 3.71. The van der Waals surface area contributed by atoms with E-state index < -0.39 is 11.0 Å². The maximum atomic E-state index is 13.6. The second-order valence-electron chi connectivity index (χ2n) is 13.1. The molecule has 0 N–H and O–H groups in total. The summed E-state index contributed by atoms with van der Waals surface area (Å²) in [6.07, 6.45) is 5.11. The van der Waals surface area contributed by atoms with Crippen molar-refractivity contribution in [3.8, 4) is 23.3 Å². The molecule has 7 rings (SSSR count). The minimum atomic E-state index is -0.729. The molecule has 0 radical (unpaired) electrons. The lowest BCUT2D eigenvalue weighted by molar-refractivity contribution is -0.223. The Balaban J connectivity index is 1.30. The summed E-state index contributed by atoms with van der Waals surface area (Å²) in [6.45, 7) is 7.61. The lowest BCUT2D eigenvalue weighted by atomic mass is 9.48. The maximum absolute atomic E-state index is 13.6. The van der Waals surface area contributed by atoms with Gasteiger partial charge in [-0.15, -0.1) is 0 Å². The van der Waals surface area contributed by atoms with Crippen molar-refractivity contribution in [2.75, 3.05) is 27.2 Å². The van der Waals surface area contributed by atoms with Gasteiger partial charge in [0, 0.05) is 37.6 Å². The van der Waals surface area contributed by atoms with Crippen LogP contribution in [-0.4, -0.2) is 72.7 Å². The minimum Gasteiger partial charge on any atom is -0.493 e. The lowest BCUT2D eigenvalue weighted by Crippen LogP contribution is -2.79. The number of nitrogens with zero attached hydrogens (tertiary/aromatic N) is 2. The number of methoxy groups -OCH3 is 1. The highest BCUT2D eigenvalue weighted by molar-refractivity contribution is 5.94. The molecule has 2 bridgehead atoms. The number of rotatable bonds is 5. The molecule has 2 heterocycles. The normalized spacial score (nSPS) is 30.4. The van der Waals surface area contributed by atoms with Crippen molar-refractivity contribution in [1.29, 1.82) is 0 Å². The van der Waals surface area contributed by atoms with Gasteiger partial charge in [0.1, 0.15) is 11.7 Å². The summed E-state index contributed by atoms with van der Waals surface area (Å²) in [6, 6.07) is 10.0. The van der Waals surface area contributed by atoms with Crippen LogP contribution in [0.3, 0.4) is 0 Å². The molecule has 1 saturated heterocycles. The summed E-state index contributed by atoms with van der Waals surface area (Å²) in [7, 11) is 3.50. The van der Waals surface area contributed by atoms with Gasteiger partial charge in [-0.05, 0) is 99.7 Å². The van der Waals surface area contributed by atoms with Crippen molar-refractivity contribution >= 4 is 11.9 Å². The van der Waals surface area contributed by atoms with Crippen molar-refractivity contribution in [1.82, 2.24) is 9.80 Å². The number of carbonyl (C=O) groups excluding carboxylic acids is 2. The van der Waals surface area contributed by atoms with Crippen molar-refractivity contribution < 1.29 is 23.8 Å². The molecule has 0 unspecified atom stereocenters. The Bertz CT molecular complexity index is 1540. The van der Waals surface area contributed by atoms with Gasteiger partial charge in [-0.3, -0.25) is 14.5 Å². The number of aryl methyl sites for hydroxylation is 2. The van der Waals surface area contributed by atoms with Gasteiger partial charge < -0.3 is 19.1 Å². The van der Waals surface area contributed by atoms with E-state index in [2.05, 4.69) is 36.7 Å².